The zero-order valence-electron chi connectivity index (χ0n) is 12.4. The molecule has 9 heteroatoms. The molecule has 0 N–H and O–H groups in total. The van der Waals surface area contributed by atoms with Crippen molar-refractivity contribution in [2.75, 3.05) is 7.11 Å². The molecule has 1 heterocycles. The Morgan fingerprint density at radius 1 is 1.38 bits per heavy atom. The van der Waals surface area contributed by atoms with Gasteiger partial charge in [0.25, 0.3) is 0 Å². The van der Waals surface area contributed by atoms with E-state index in [1.165, 1.54) is 23.1 Å². The van der Waals surface area contributed by atoms with Gasteiger partial charge in [0.1, 0.15) is 0 Å². The summed E-state index contributed by atoms with van der Waals surface area (Å²) in [6, 6.07) is 4.80. The maximum absolute atomic E-state index is 13.0. The van der Waals surface area contributed by atoms with Crippen LogP contribution in [0.1, 0.15) is 5.56 Å². The van der Waals surface area contributed by atoms with Gasteiger partial charge in [0.05, 0.1) is 0 Å². The number of methoxy groups -OCH3 is 1. The molecule has 0 fully saturated rings. The van der Waals surface area contributed by atoms with Crippen LogP contribution in [-0.2, 0) is 16.0 Å². The third-order valence-corrected chi connectivity index (χ3v) is 9.41. The number of benzene rings is 1. The summed E-state index contributed by atoms with van der Waals surface area (Å²) in [7, 11) is 1.19. The number of ether oxygens (including phenoxy) is 1. The van der Waals surface area contributed by atoms with Gasteiger partial charge < -0.3 is 0 Å². The molecule has 126 valence electrons. The predicted octanol–water partition coefficient (Wildman–Crippen LogP) is 4.28. The number of alkyl halides is 3. The van der Waals surface area contributed by atoms with E-state index < -0.39 is 31.6 Å². The summed E-state index contributed by atoms with van der Waals surface area (Å²) in [5, 5.41) is 0.807. The molecule has 2 rings (SSSR count). The monoisotopic (exact) mass is 479 g/mol. The Hall–Kier alpha value is -0.920. The van der Waals surface area contributed by atoms with E-state index in [4.69, 9.17) is 23.2 Å². The minimum absolute atomic E-state index is 0.157. The second-order valence-electron chi connectivity index (χ2n) is 4.96. The average molecular weight is 480 g/mol. The first-order chi connectivity index (χ1) is 11.2. The van der Waals surface area contributed by atoms with Crippen LogP contribution in [0.3, 0.4) is 0 Å². The van der Waals surface area contributed by atoms with Crippen LogP contribution in [-0.4, -0.2) is 44.4 Å². The van der Waals surface area contributed by atoms with Gasteiger partial charge in [0.15, 0.2) is 0 Å². The third-order valence-electron chi connectivity index (χ3n) is 3.28. The van der Waals surface area contributed by atoms with Crippen LogP contribution in [0.4, 0.5) is 13.2 Å². The van der Waals surface area contributed by atoms with E-state index in [0.717, 1.165) is 6.08 Å². The van der Waals surface area contributed by atoms with E-state index in [9.17, 15) is 18.0 Å². The van der Waals surface area contributed by atoms with Gasteiger partial charge in [0, 0.05) is 0 Å². The van der Waals surface area contributed by atoms with Gasteiger partial charge in [-0.15, -0.1) is 0 Å². The summed E-state index contributed by atoms with van der Waals surface area (Å²) in [6.45, 7) is 0. The number of rotatable bonds is 4. The van der Waals surface area contributed by atoms with E-state index in [0.29, 0.717) is 21.2 Å². The Labute approximate surface area is 154 Å². The molecule has 0 aromatic heterocycles. The summed E-state index contributed by atoms with van der Waals surface area (Å²) in [5.41, 5.74) is 1.21. The fourth-order valence-electron chi connectivity index (χ4n) is 2.10. The van der Waals surface area contributed by atoms with Crippen molar-refractivity contribution in [2.45, 2.75) is 10.4 Å². The molecule has 1 aromatic carbocycles. The molecule has 0 amide bonds. The van der Waals surface area contributed by atoms with Crippen LogP contribution in [0.25, 0.3) is 0 Å². The standard InChI is InChI=1S/C14H11Cl2NO2.CF3.In/c1-9(13(17)5-6-14(18)19-2)7-10-3-4-11(15)8-12(10)16;2-1(3)4;/h1,3-6,8H,7H2,2H3;;/q-1;;+1/b6-5-,9-1?;;. The molecule has 0 aliphatic carbocycles. The number of nitrogens with zero attached hydrogens (tertiary/aromatic N) is 1. The van der Waals surface area contributed by atoms with Crippen LogP contribution in [0, 0.1) is 0 Å². The van der Waals surface area contributed by atoms with Crippen molar-refractivity contribution >= 4 is 56.6 Å². The molecule has 0 atom stereocenters. The van der Waals surface area contributed by atoms with Crippen molar-refractivity contribution in [2.24, 2.45) is 2.98 Å². The van der Waals surface area contributed by atoms with E-state index in [1.807, 2.05) is 0 Å². The maximum atomic E-state index is 13.0. The minimum atomic E-state index is -4.29. The molecule has 0 saturated heterocycles. The molecule has 1 aliphatic rings. The summed E-state index contributed by atoms with van der Waals surface area (Å²) >= 11 is 7.66. The van der Waals surface area contributed by atoms with Crippen LogP contribution < -0.4 is 0 Å². The Balaban J connectivity index is 2.31. The van der Waals surface area contributed by atoms with Gasteiger partial charge in [-0.05, 0) is 0 Å². The van der Waals surface area contributed by atoms with Crippen LogP contribution in [0.15, 0.2) is 42.7 Å². The third kappa shape index (κ3) is 5.04. The second kappa shape index (κ2) is 7.97. The number of hydrogen-bond donors (Lipinski definition) is 0. The Bertz CT molecular complexity index is 745. The van der Waals surface area contributed by atoms with Crippen molar-refractivity contribution in [1.82, 2.24) is 0 Å². The van der Waals surface area contributed by atoms with Gasteiger partial charge in [-0.3, -0.25) is 0 Å². The van der Waals surface area contributed by atoms with E-state index in [2.05, 4.69) is 7.72 Å². The average Bonchev–Trinajstić information content (AvgIpc) is 2.91. The molecule has 0 radical (unpaired) electrons. The Morgan fingerprint density at radius 3 is 2.67 bits per heavy atom. The normalized spacial score (nSPS) is 14.8. The molecule has 0 spiro atoms. The quantitative estimate of drug-likeness (QED) is 0.477. The molecule has 1 aliphatic heterocycles. The van der Waals surface area contributed by atoms with Crippen LogP contribution >= 0.6 is 23.2 Å². The molecule has 0 saturated carbocycles. The van der Waals surface area contributed by atoms with Gasteiger partial charge >= 0.3 is 155 Å². The van der Waals surface area contributed by atoms with Gasteiger partial charge in [-0.25, -0.2) is 0 Å². The summed E-state index contributed by atoms with van der Waals surface area (Å²) < 4.78 is 44.3. The molecule has 3 nitrogen and oxygen atoms in total. The first kappa shape index (κ1) is 19.4. The van der Waals surface area contributed by atoms with E-state index >= 15 is 0 Å². The number of carbonyl (C=O) groups is 1. The number of allylic oxidation sites excluding steroid dienone is 2. The number of carbonyl (C=O) groups excluding carboxylic acids is 1. The first-order valence-corrected chi connectivity index (χ1v) is 12.5. The molecule has 0 bridgehead atoms. The van der Waals surface area contributed by atoms with E-state index in [-0.39, 0.29) is 12.1 Å². The van der Waals surface area contributed by atoms with Crippen molar-refractivity contribution in [3.8, 4) is 0 Å². The number of halogens is 5. The number of hydrogen-bond acceptors (Lipinski definition) is 3. The zero-order valence-corrected chi connectivity index (χ0v) is 17.2. The van der Waals surface area contributed by atoms with Gasteiger partial charge in [-0.1, -0.05) is 0 Å². The topological polar surface area (TPSA) is 38.7 Å². The fraction of sp³-hybridized carbons (Fsp3) is 0.200. The molecule has 1 aromatic rings. The Kier molecular flexibility index (Phi) is 6.45. The summed E-state index contributed by atoms with van der Waals surface area (Å²) in [4.78, 5) is 11.2. The summed E-state index contributed by atoms with van der Waals surface area (Å²) in [5.74, 6) is -0.660. The van der Waals surface area contributed by atoms with Crippen LogP contribution in [0.2, 0.25) is 10.0 Å². The number of esters is 1. The molecular weight excluding hydrogens is 469 g/mol. The van der Waals surface area contributed by atoms with E-state index in [1.54, 1.807) is 12.1 Å². The fourth-order valence-corrected chi connectivity index (χ4v) is 7.23. The molecule has 0 unspecified atom stereocenters. The second-order valence-corrected chi connectivity index (χ2v) is 11.9. The zero-order chi connectivity index (χ0) is 17.9. The van der Waals surface area contributed by atoms with Gasteiger partial charge in [0.2, 0.25) is 0 Å². The predicted molar refractivity (Wildman–Crippen MR) is 88.6 cm³/mol. The molecular formula is C15H11Cl2F3InNO2. The van der Waals surface area contributed by atoms with Crippen molar-refractivity contribution in [3.05, 3.63) is 55.4 Å². The molecule has 24 heavy (non-hydrogen) atoms. The first-order valence-electron chi connectivity index (χ1n) is 6.76. The Morgan fingerprint density at radius 2 is 2.08 bits per heavy atom. The van der Waals surface area contributed by atoms with Gasteiger partial charge in [-0.2, -0.15) is 0 Å². The van der Waals surface area contributed by atoms with Crippen LogP contribution in [0.5, 0.6) is 0 Å². The SMILES string of the molecule is COC(=O)/C=C\C1=[N][In]([C](F)(F)F)[CH]=C1Cc1ccc(Cl)cc1Cl. The van der Waals surface area contributed by atoms with Crippen molar-refractivity contribution < 1.29 is 22.7 Å². The van der Waals surface area contributed by atoms with Crippen molar-refractivity contribution in [3.63, 3.8) is 0 Å². The summed E-state index contributed by atoms with van der Waals surface area (Å²) in [6.07, 6.45) is 2.49. The van der Waals surface area contributed by atoms with Crippen molar-refractivity contribution in [1.29, 1.82) is 0 Å².